The second-order valence-corrected chi connectivity index (χ2v) is 5.22. The van der Waals surface area contributed by atoms with Gasteiger partial charge in [0.25, 0.3) is 0 Å². The molecule has 3 nitrogen and oxygen atoms in total. The van der Waals surface area contributed by atoms with Crippen LogP contribution in [-0.4, -0.2) is 16.2 Å². The lowest BCUT2D eigenvalue weighted by Crippen LogP contribution is -1.97. The van der Waals surface area contributed by atoms with Crippen LogP contribution in [0, 0.1) is 13.8 Å². The first kappa shape index (κ1) is 13.2. The van der Waals surface area contributed by atoms with Crippen molar-refractivity contribution in [1.82, 2.24) is 9.97 Å². The third kappa shape index (κ3) is 3.37. The summed E-state index contributed by atoms with van der Waals surface area (Å²) in [7, 11) is 0. The summed E-state index contributed by atoms with van der Waals surface area (Å²) >= 11 is 7.42. The number of aryl methyl sites for hydroxylation is 2. The van der Waals surface area contributed by atoms with Crippen LogP contribution in [0.4, 0.5) is 11.5 Å². The van der Waals surface area contributed by atoms with Gasteiger partial charge in [-0.25, -0.2) is 9.97 Å². The number of benzene rings is 1. The number of halogens is 1. The van der Waals surface area contributed by atoms with Gasteiger partial charge in [-0.05, 0) is 43.4 Å². The zero-order chi connectivity index (χ0) is 13.1. The quantitative estimate of drug-likeness (QED) is 0.519. The SMILES string of the molecule is CSc1nc(Cl)cc(Nc2cc(C)cc(C)c2)n1. The van der Waals surface area contributed by atoms with Crippen LogP contribution in [0.5, 0.6) is 0 Å². The maximum Gasteiger partial charge on any atom is 0.190 e. The number of hydrogen-bond donors (Lipinski definition) is 1. The zero-order valence-corrected chi connectivity index (χ0v) is 12.1. The van der Waals surface area contributed by atoms with Crippen LogP contribution in [0.2, 0.25) is 5.15 Å². The average molecular weight is 280 g/mol. The Morgan fingerprint density at radius 3 is 2.33 bits per heavy atom. The molecule has 94 valence electrons. The Morgan fingerprint density at radius 2 is 1.72 bits per heavy atom. The summed E-state index contributed by atoms with van der Waals surface area (Å²) in [5.41, 5.74) is 3.43. The molecule has 5 heteroatoms. The van der Waals surface area contributed by atoms with Gasteiger partial charge in [0.2, 0.25) is 0 Å². The molecule has 1 aromatic heterocycles. The standard InChI is InChI=1S/C13H14ClN3S/c1-8-4-9(2)6-10(5-8)15-12-7-11(14)16-13(17-12)18-3/h4-7H,1-3H3,(H,15,16,17). The number of nitrogens with zero attached hydrogens (tertiary/aromatic N) is 2. The van der Waals surface area contributed by atoms with Crippen LogP contribution in [0.1, 0.15) is 11.1 Å². The third-order valence-corrected chi connectivity index (χ3v) is 3.09. The molecule has 0 radical (unpaired) electrons. The van der Waals surface area contributed by atoms with Crippen LogP contribution in [0.3, 0.4) is 0 Å². The Kier molecular flexibility index (Phi) is 4.09. The van der Waals surface area contributed by atoms with Gasteiger partial charge in [0.15, 0.2) is 5.16 Å². The zero-order valence-electron chi connectivity index (χ0n) is 10.5. The highest BCUT2D eigenvalue weighted by atomic mass is 35.5. The molecule has 0 fully saturated rings. The molecule has 1 aromatic carbocycles. The van der Waals surface area contributed by atoms with E-state index in [2.05, 4.69) is 47.3 Å². The molecule has 0 aliphatic rings. The number of thioether (sulfide) groups is 1. The maximum absolute atomic E-state index is 5.95. The summed E-state index contributed by atoms with van der Waals surface area (Å²) < 4.78 is 0. The van der Waals surface area contributed by atoms with Gasteiger partial charge in [-0.15, -0.1) is 0 Å². The highest BCUT2D eigenvalue weighted by molar-refractivity contribution is 7.98. The summed E-state index contributed by atoms with van der Waals surface area (Å²) in [5.74, 6) is 0.712. The van der Waals surface area contributed by atoms with Crippen molar-refractivity contribution in [2.45, 2.75) is 19.0 Å². The van der Waals surface area contributed by atoms with Gasteiger partial charge in [0, 0.05) is 11.8 Å². The van der Waals surface area contributed by atoms with Gasteiger partial charge in [-0.3, -0.25) is 0 Å². The monoisotopic (exact) mass is 279 g/mol. The molecule has 0 amide bonds. The highest BCUT2D eigenvalue weighted by Crippen LogP contribution is 2.22. The largest absolute Gasteiger partial charge is 0.340 e. The van der Waals surface area contributed by atoms with Gasteiger partial charge in [0.1, 0.15) is 11.0 Å². The lowest BCUT2D eigenvalue weighted by molar-refractivity contribution is 0.976. The Labute approximate surface area is 116 Å². The van der Waals surface area contributed by atoms with E-state index >= 15 is 0 Å². The number of rotatable bonds is 3. The van der Waals surface area contributed by atoms with E-state index in [9.17, 15) is 0 Å². The van der Waals surface area contributed by atoms with Gasteiger partial charge in [-0.1, -0.05) is 29.4 Å². The molecule has 0 unspecified atom stereocenters. The predicted octanol–water partition coefficient (Wildman–Crippen LogP) is 4.21. The van der Waals surface area contributed by atoms with E-state index in [0.717, 1.165) is 5.69 Å². The summed E-state index contributed by atoms with van der Waals surface area (Å²) in [5, 5.41) is 4.36. The molecule has 2 aromatic rings. The van der Waals surface area contributed by atoms with E-state index in [1.165, 1.54) is 22.9 Å². The maximum atomic E-state index is 5.95. The molecule has 0 saturated carbocycles. The Hall–Kier alpha value is -1.26. The molecule has 18 heavy (non-hydrogen) atoms. The summed E-state index contributed by atoms with van der Waals surface area (Å²) in [4.78, 5) is 8.47. The molecule has 0 saturated heterocycles. The van der Waals surface area contributed by atoms with E-state index in [4.69, 9.17) is 11.6 Å². The summed E-state index contributed by atoms with van der Waals surface area (Å²) in [6.07, 6.45) is 1.92. The number of anilines is 2. The van der Waals surface area contributed by atoms with Crippen molar-refractivity contribution in [2.75, 3.05) is 11.6 Å². The first-order chi connectivity index (χ1) is 8.56. The van der Waals surface area contributed by atoms with Gasteiger partial charge in [0.05, 0.1) is 0 Å². The minimum Gasteiger partial charge on any atom is -0.340 e. The molecule has 0 aliphatic heterocycles. The molecular formula is C13H14ClN3S. The normalized spacial score (nSPS) is 10.4. The van der Waals surface area contributed by atoms with Crippen molar-refractivity contribution in [2.24, 2.45) is 0 Å². The van der Waals surface area contributed by atoms with E-state index in [0.29, 0.717) is 16.1 Å². The fourth-order valence-electron chi connectivity index (χ4n) is 1.75. The van der Waals surface area contributed by atoms with Crippen LogP contribution in [0.15, 0.2) is 29.4 Å². The van der Waals surface area contributed by atoms with E-state index in [-0.39, 0.29) is 0 Å². The first-order valence-corrected chi connectivity index (χ1v) is 7.11. The molecule has 2 rings (SSSR count). The average Bonchev–Trinajstić information content (AvgIpc) is 2.26. The predicted molar refractivity (Wildman–Crippen MR) is 78.0 cm³/mol. The topological polar surface area (TPSA) is 37.8 Å². The number of nitrogens with one attached hydrogen (secondary N) is 1. The highest BCUT2D eigenvalue weighted by Gasteiger charge is 2.03. The van der Waals surface area contributed by atoms with Crippen molar-refractivity contribution in [3.05, 3.63) is 40.5 Å². The van der Waals surface area contributed by atoms with E-state index < -0.39 is 0 Å². The Morgan fingerprint density at radius 1 is 1.06 bits per heavy atom. The van der Waals surface area contributed by atoms with Gasteiger partial charge >= 0.3 is 0 Å². The van der Waals surface area contributed by atoms with Gasteiger partial charge in [-0.2, -0.15) is 0 Å². The van der Waals surface area contributed by atoms with Crippen molar-refractivity contribution >= 4 is 34.9 Å². The lowest BCUT2D eigenvalue weighted by Gasteiger charge is -2.09. The fourth-order valence-corrected chi connectivity index (χ4v) is 2.36. The van der Waals surface area contributed by atoms with Crippen LogP contribution in [0.25, 0.3) is 0 Å². The molecule has 1 heterocycles. The number of aromatic nitrogens is 2. The van der Waals surface area contributed by atoms with Crippen molar-refractivity contribution in [3.63, 3.8) is 0 Å². The first-order valence-electron chi connectivity index (χ1n) is 5.51. The molecular weight excluding hydrogens is 266 g/mol. The van der Waals surface area contributed by atoms with Crippen molar-refractivity contribution < 1.29 is 0 Å². The minimum absolute atomic E-state index is 0.446. The minimum atomic E-state index is 0.446. The summed E-state index contributed by atoms with van der Waals surface area (Å²) in [6.45, 7) is 4.14. The lowest BCUT2D eigenvalue weighted by atomic mass is 10.1. The molecule has 0 spiro atoms. The molecule has 0 bridgehead atoms. The van der Waals surface area contributed by atoms with Crippen molar-refractivity contribution in [1.29, 1.82) is 0 Å². The molecule has 1 N–H and O–H groups in total. The Balaban J connectivity index is 2.30. The van der Waals surface area contributed by atoms with Crippen molar-refractivity contribution in [3.8, 4) is 0 Å². The Bertz CT molecular complexity index is 552. The second kappa shape index (κ2) is 5.59. The fraction of sp³-hybridized carbons (Fsp3) is 0.231. The summed E-state index contributed by atoms with van der Waals surface area (Å²) in [6, 6.07) is 7.99. The number of hydrogen-bond acceptors (Lipinski definition) is 4. The van der Waals surface area contributed by atoms with E-state index in [1.54, 1.807) is 6.07 Å². The molecule has 0 atom stereocenters. The van der Waals surface area contributed by atoms with Gasteiger partial charge < -0.3 is 5.32 Å². The second-order valence-electron chi connectivity index (χ2n) is 4.06. The van der Waals surface area contributed by atoms with E-state index in [1.807, 2.05) is 6.26 Å². The van der Waals surface area contributed by atoms with Crippen LogP contribution < -0.4 is 5.32 Å². The van der Waals surface area contributed by atoms with Crippen LogP contribution in [-0.2, 0) is 0 Å². The van der Waals surface area contributed by atoms with Crippen LogP contribution >= 0.6 is 23.4 Å². The molecule has 0 aliphatic carbocycles. The third-order valence-electron chi connectivity index (χ3n) is 2.35. The smallest absolute Gasteiger partial charge is 0.190 e.